The quantitative estimate of drug-likeness (QED) is 0.118. The van der Waals surface area contributed by atoms with Gasteiger partial charge in [-0.15, -0.1) is 11.8 Å². The first-order chi connectivity index (χ1) is 25.6. The lowest BCUT2D eigenvalue weighted by atomic mass is 9.93. The molecule has 3 N–H and O–H groups in total. The average molecular weight is 723 g/mol. The Morgan fingerprint density at radius 2 is 1.53 bits per heavy atom. The third kappa shape index (κ3) is 8.96. The molecule has 0 saturated heterocycles. The molecule has 0 fully saturated rings. The van der Waals surface area contributed by atoms with Crippen molar-refractivity contribution in [2.45, 2.75) is 69.3 Å². The topological polar surface area (TPSA) is 94.6 Å². The zero-order valence-corrected chi connectivity index (χ0v) is 31.3. The zero-order valence-electron chi connectivity index (χ0n) is 30.5. The van der Waals surface area contributed by atoms with Gasteiger partial charge in [0, 0.05) is 58.8 Å². The third-order valence-electron chi connectivity index (χ3n) is 9.74. The smallest absolute Gasteiger partial charge is 0.251 e. The number of nitrogens with one attached hydrogen (secondary N) is 2. The van der Waals surface area contributed by atoms with Gasteiger partial charge in [0.05, 0.1) is 23.4 Å². The van der Waals surface area contributed by atoms with Crippen molar-refractivity contribution in [1.82, 2.24) is 20.5 Å². The minimum Gasteiger partial charge on any atom is -0.391 e. The summed E-state index contributed by atoms with van der Waals surface area (Å²) in [4.78, 5) is 35.7. The van der Waals surface area contributed by atoms with Crippen molar-refractivity contribution < 1.29 is 14.7 Å². The summed E-state index contributed by atoms with van der Waals surface area (Å²) in [6, 6.07) is 39.7. The Kier molecular flexibility index (Phi) is 10.9. The summed E-state index contributed by atoms with van der Waals surface area (Å²) in [5, 5.41) is 21.6. The van der Waals surface area contributed by atoms with Crippen molar-refractivity contribution in [3.63, 3.8) is 0 Å². The Bertz CT molecular complexity index is 2270. The fourth-order valence-electron chi connectivity index (χ4n) is 7.07. The highest BCUT2D eigenvalue weighted by Crippen LogP contribution is 2.28. The molecule has 0 radical (unpaired) electrons. The van der Waals surface area contributed by atoms with Crippen LogP contribution in [0.1, 0.15) is 63.9 Å². The predicted octanol–water partition coefficient (Wildman–Crippen LogP) is 7.97. The van der Waals surface area contributed by atoms with E-state index in [1.165, 1.54) is 0 Å². The van der Waals surface area contributed by atoms with Crippen molar-refractivity contribution in [2.24, 2.45) is 0 Å². The maximum absolute atomic E-state index is 14.2. The van der Waals surface area contributed by atoms with E-state index in [2.05, 4.69) is 70.1 Å². The molecule has 53 heavy (non-hydrogen) atoms. The maximum atomic E-state index is 14.2. The number of nitrogens with zero attached hydrogens (tertiary/aromatic N) is 2. The number of hydrogen-bond acceptors (Lipinski definition) is 6. The Balaban J connectivity index is 1.10. The van der Waals surface area contributed by atoms with E-state index in [0.29, 0.717) is 16.9 Å². The molecule has 8 heteroatoms. The van der Waals surface area contributed by atoms with Crippen molar-refractivity contribution in [3.8, 4) is 0 Å². The number of carbonyl (C=O) groups excluding carboxylic acids is 2. The first kappa shape index (κ1) is 36.3. The van der Waals surface area contributed by atoms with Gasteiger partial charge in [-0.05, 0) is 91.1 Å². The Labute approximate surface area is 315 Å². The van der Waals surface area contributed by atoms with Crippen LogP contribution in [0.25, 0.3) is 21.7 Å². The van der Waals surface area contributed by atoms with Gasteiger partial charge in [0.1, 0.15) is 0 Å². The van der Waals surface area contributed by atoms with Crippen LogP contribution in [0.15, 0.2) is 126 Å². The lowest BCUT2D eigenvalue weighted by Gasteiger charge is -2.30. The molecule has 0 unspecified atom stereocenters. The molecule has 270 valence electrons. The van der Waals surface area contributed by atoms with Gasteiger partial charge < -0.3 is 15.7 Å². The van der Waals surface area contributed by atoms with Crippen LogP contribution in [0.2, 0.25) is 0 Å². The largest absolute Gasteiger partial charge is 0.391 e. The van der Waals surface area contributed by atoms with E-state index >= 15 is 0 Å². The standard InChI is InChI=1S/C45H46N4O3S/c1-45(2,3)48-44(52)38-16-8-6-14-33(38)26-42(50)41(29-53-36-22-20-30-11-4-5-13-32(30)25-36)47-43(51)39-17-10-15-34-27-49(24-23-37(34)39)28-35-21-19-31-12-7-9-18-40(31)46-35/h4-22,25,41-42,50H,23-24,26-29H2,1-3H3,(H,47,51)(H,48,52)/t41-,42+/m0/s1. The molecule has 2 atom stereocenters. The molecule has 5 aromatic carbocycles. The molecule has 1 aliphatic heterocycles. The van der Waals surface area contributed by atoms with E-state index in [0.717, 1.165) is 75.0 Å². The highest BCUT2D eigenvalue weighted by molar-refractivity contribution is 7.99. The minimum absolute atomic E-state index is 0.187. The normalized spacial score (nSPS) is 14.4. The molecule has 1 aromatic heterocycles. The number of aromatic nitrogens is 1. The van der Waals surface area contributed by atoms with Crippen LogP contribution in [-0.4, -0.2) is 56.8 Å². The molecule has 2 heterocycles. The molecule has 0 spiro atoms. The lowest BCUT2D eigenvalue weighted by Crippen LogP contribution is -2.47. The van der Waals surface area contributed by atoms with Crippen LogP contribution in [0.4, 0.5) is 0 Å². The fourth-order valence-corrected chi connectivity index (χ4v) is 8.13. The Morgan fingerprint density at radius 3 is 2.36 bits per heavy atom. The molecule has 0 saturated carbocycles. The number of amides is 2. The molecular formula is C45H46N4O3S. The lowest BCUT2D eigenvalue weighted by molar-refractivity contribution is 0.0848. The number of pyridine rings is 1. The number of aliphatic hydroxyl groups excluding tert-OH is 1. The van der Waals surface area contributed by atoms with Crippen molar-refractivity contribution in [3.05, 3.63) is 155 Å². The van der Waals surface area contributed by atoms with E-state index in [4.69, 9.17) is 4.98 Å². The van der Waals surface area contributed by atoms with Crippen LogP contribution < -0.4 is 10.6 Å². The van der Waals surface area contributed by atoms with Gasteiger partial charge >= 0.3 is 0 Å². The first-order valence-corrected chi connectivity index (χ1v) is 19.3. The van der Waals surface area contributed by atoms with E-state index < -0.39 is 17.7 Å². The van der Waals surface area contributed by atoms with E-state index in [-0.39, 0.29) is 18.2 Å². The van der Waals surface area contributed by atoms with Crippen LogP contribution in [-0.2, 0) is 25.9 Å². The molecule has 0 bridgehead atoms. The second kappa shape index (κ2) is 15.9. The monoisotopic (exact) mass is 722 g/mol. The van der Waals surface area contributed by atoms with Gasteiger partial charge in [0.15, 0.2) is 0 Å². The van der Waals surface area contributed by atoms with E-state index in [9.17, 15) is 14.7 Å². The Hall–Kier alpha value is -5.02. The number of thioether (sulfide) groups is 1. The molecule has 6 aromatic rings. The molecule has 2 amide bonds. The van der Waals surface area contributed by atoms with Gasteiger partial charge in [0.25, 0.3) is 11.8 Å². The zero-order chi connectivity index (χ0) is 37.0. The molecular weight excluding hydrogens is 677 g/mol. The van der Waals surface area contributed by atoms with Crippen molar-refractivity contribution in [2.75, 3.05) is 12.3 Å². The summed E-state index contributed by atoms with van der Waals surface area (Å²) >= 11 is 1.60. The average Bonchev–Trinajstić information content (AvgIpc) is 3.15. The number of benzene rings is 5. The number of hydrogen-bond donors (Lipinski definition) is 3. The van der Waals surface area contributed by atoms with E-state index in [1.54, 1.807) is 17.8 Å². The minimum atomic E-state index is -0.944. The summed E-state index contributed by atoms with van der Waals surface area (Å²) in [6.07, 6.45) is 0.00341. The third-order valence-corrected chi connectivity index (χ3v) is 10.9. The van der Waals surface area contributed by atoms with Crippen LogP contribution in [0.5, 0.6) is 0 Å². The van der Waals surface area contributed by atoms with Gasteiger partial charge in [-0.2, -0.15) is 0 Å². The van der Waals surface area contributed by atoms with Gasteiger partial charge in [-0.25, -0.2) is 0 Å². The maximum Gasteiger partial charge on any atom is 0.251 e. The summed E-state index contributed by atoms with van der Waals surface area (Å²) in [5.74, 6) is 0.0598. The summed E-state index contributed by atoms with van der Waals surface area (Å²) in [5.41, 5.74) is 5.69. The van der Waals surface area contributed by atoms with Crippen LogP contribution in [0.3, 0.4) is 0 Å². The number of fused-ring (bicyclic) bond motifs is 3. The van der Waals surface area contributed by atoms with Gasteiger partial charge in [-0.1, -0.05) is 84.9 Å². The highest BCUT2D eigenvalue weighted by Gasteiger charge is 2.28. The number of aliphatic hydroxyl groups is 1. The number of carbonyl (C=O) groups is 2. The number of para-hydroxylation sites is 1. The molecule has 0 aliphatic carbocycles. The second-order valence-corrected chi connectivity index (χ2v) is 16.0. The fraction of sp³-hybridized carbons (Fsp3) is 0.267. The summed E-state index contributed by atoms with van der Waals surface area (Å²) in [7, 11) is 0. The van der Waals surface area contributed by atoms with Crippen LogP contribution >= 0.6 is 11.8 Å². The summed E-state index contributed by atoms with van der Waals surface area (Å²) < 4.78 is 0. The second-order valence-electron chi connectivity index (χ2n) is 14.9. The number of rotatable bonds is 11. The summed E-state index contributed by atoms with van der Waals surface area (Å²) in [6.45, 7) is 8.10. The van der Waals surface area contributed by atoms with Crippen molar-refractivity contribution >= 4 is 45.3 Å². The van der Waals surface area contributed by atoms with Crippen molar-refractivity contribution in [1.29, 1.82) is 0 Å². The molecule has 1 aliphatic rings. The van der Waals surface area contributed by atoms with E-state index in [1.807, 2.05) is 81.4 Å². The van der Waals surface area contributed by atoms with Gasteiger partial charge in [0.2, 0.25) is 0 Å². The molecule has 7 rings (SSSR count). The van der Waals surface area contributed by atoms with Gasteiger partial charge in [-0.3, -0.25) is 19.5 Å². The molecule has 7 nitrogen and oxygen atoms in total. The predicted molar refractivity (Wildman–Crippen MR) is 215 cm³/mol. The first-order valence-electron chi connectivity index (χ1n) is 18.3. The van der Waals surface area contributed by atoms with Crippen LogP contribution in [0, 0.1) is 0 Å². The Morgan fingerprint density at radius 1 is 0.811 bits per heavy atom. The SMILES string of the molecule is CC(C)(C)NC(=O)c1ccccc1C[C@@H](O)[C@H](CSc1ccc2ccccc2c1)NC(=O)c1cccc2c1CCN(Cc1ccc3ccccc3n1)C2. The highest BCUT2D eigenvalue weighted by atomic mass is 32.2.